The van der Waals surface area contributed by atoms with E-state index < -0.39 is 31.1 Å². The quantitative estimate of drug-likeness (QED) is 0.603. The zero-order valence-corrected chi connectivity index (χ0v) is 17.6. The topological polar surface area (TPSA) is 90.9 Å². The summed E-state index contributed by atoms with van der Waals surface area (Å²) in [5.74, 6) is -2.19. The predicted molar refractivity (Wildman–Crippen MR) is 109 cm³/mol. The van der Waals surface area contributed by atoms with Gasteiger partial charge >= 0.3 is 18.6 Å². The Morgan fingerprint density at radius 3 is 2.65 bits per heavy atom. The average molecular weight is 453 g/mol. The van der Waals surface area contributed by atoms with E-state index in [1.54, 1.807) is 6.92 Å². The highest BCUT2D eigenvalue weighted by Gasteiger charge is 2.27. The number of ether oxygens (including phenoxy) is 3. The smallest absolute Gasteiger partial charge is 0.387 e. The summed E-state index contributed by atoms with van der Waals surface area (Å²) in [6.07, 6.45) is 3.53. The van der Waals surface area contributed by atoms with Gasteiger partial charge in [-0.15, -0.1) is 11.3 Å². The summed E-state index contributed by atoms with van der Waals surface area (Å²) in [6.45, 7) is -1.72. The van der Waals surface area contributed by atoms with Gasteiger partial charge in [0.15, 0.2) is 6.61 Å². The van der Waals surface area contributed by atoms with Gasteiger partial charge < -0.3 is 19.5 Å². The Kier molecular flexibility index (Phi) is 7.56. The molecule has 0 aliphatic heterocycles. The van der Waals surface area contributed by atoms with Crippen molar-refractivity contribution in [2.24, 2.45) is 0 Å². The number of carbonyl (C=O) groups is 3. The van der Waals surface area contributed by atoms with E-state index in [9.17, 15) is 23.2 Å². The number of esters is 2. The lowest BCUT2D eigenvalue weighted by atomic mass is 9.95. The summed E-state index contributed by atoms with van der Waals surface area (Å²) in [7, 11) is 0. The van der Waals surface area contributed by atoms with Crippen LogP contribution in [-0.2, 0) is 27.1 Å². The minimum atomic E-state index is -3.03. The Labute approximate surface area is 181 Å². The first-order valence-corrected chi connectivity index (χ1v) is 10.5. The van der Waals surface area contributed by atoms with Crippen LogP contribution < -0.4 is 10.1 Å². The number of rotatable bonds is 8. The largest absolute Gasteiger partial charge is 0.462 e. The van der Waals surface area contributed by atoms with Crippen LogP contribution in [0, 0.1) is 0 Å². The first-order chi connectivity index (χ1) is 14.9. The number of aryl methyl sites for hydroxylation is 1. The summed E-state index contributed by atoms with van der Waals surface area (Å²) in [4.78, 5) is 38.0. The van der Waals surface area contributed by atoms with Crippen molar-refractivity contribution in [2.45, 2.75) is 39.2 Å². The summed E-state index contributed by atoms with van der Waals surface area (Å²) in [5.41, 5.74) is 1.22. The van der Waals surface area contributed by atoms with Crippen molar-refractivity contribution in [2.75, 3.05) is 18.5 Å². The molecule has 1 N–H and O–H groups in total. The Hall–Kier alpha value is -3.01. The molecule has 0 atom stereocenters. The molecule has 1 aliphatic rings. The normalized spacial score (nSPS) is 12.8. The van der Waals surface area contributed by atoms with E-state index in [4.69, 9.17) is 9.47 Å². The van der Waals surface area contributed by atoms with Gasteiger partial charge in [-0.05, 0) is 56.4 Å². The van der Waals surface area contributed by atoms with E-state index in [2.05, 4.69) is 10.1 Å². The third-order valence-electron chi connectivity index (χ3n) is 4.53. The summed E-state index contributed by atoms with van der Waals surface area (Å²) in [6, 6.07) is 5.07. The molecule has 0 unspecified atom stereocenters. The fourth-order valence-electron chi connectivity index (χ4n) is 3.25. The zero-order chi connectivity index (χ0) is 22.4. The summed E-state index contributed by atoms with van der Waals surface area (Å²) >= 11 is 1.32. The number of benzene rings is 1. The maximum absolute atomic E-state index is 12.4. The van der Waals surface area contributed by atoms with Gasteiger partial charge in [0.05, 0.1) is 17.7 Å². The van der Waals surface area contributed by atoms with Crippen molar-refractivity contribution < 1.29 is 37.4 Å². The first-order valence-electron chi connectivity index (χ1n) is 9.72. The van der Waals surface area contributed by atoms with Crippen molar-refractivity contribution in [3.8, 4) is 5.75 Å². The lowest BCUT2D eigenvalue weighted by Gasteiger charge is -2.12. The molecule has 0 spiro atoms. The number of alkyl halides is 2. The van der Waals surface area contributed by atoms with Crippen LogP contribution in [0.15, 0.2) is 24.3 Å². The number of anilines is 1. The standard InChI is InChI=1S/C21H21F2NO6S/c1-2-28-20(27)17-14-8-3-4-9-15(14)31-18(17)24-16(25)11-29-19(26)12-6-5-7-13(10-12)30-21(22)23/h5-7,10,21H,2-4,8-9,11H2,1H3,(H,24,25). The lowest BCUT2D eigenvalue weighted by Crippen LogP contribution is -2.22. The molecule has 1 amide bonds. The molecular formula is C21H21F2NO6S. The fraction of sp³-hybridized carbons (Fsp3) is 0.381. The number of carbonyl (C=O) groups excluding carboxylic acids is 3. The zero-order valence-electron chi connectivity index (χ0n) is 16.7. The maximum Gasteiger partial charge on any atom is 0.387 e. The molecule has 3 rings (SSSR count). The van der Waals surface area contributed by atoms with Crippen molar-refractivity contribution >= 4 is 34.2 Å². The van der Waals surface area contributed by atoms with Gasteiger partial charge in [0.1, 0.15) is 10.8 Å². The van der Waals surface area contributed by atoms with Gasteiger partial charge in [-0.1, -0.05) is 6.07 Å². The van der Waals surface area contributed by atoms with Gasteiger partial charge in [-0.25, -0.2) is 9.59 Å². The van der Waals surface area contributed by atoms with E-state index in [-0.39, 0.29) is 17.9 Å². The monoisotopic (exact) mass is 453 g/mol. The Balaban J connectivity index is 1.65. The second-order valence-corrected chi connectivity index (χ2v) is 7.77. The Morgan fingerprint density at radius 2 is 1.90 bits per heavy atom. The highest BCUT2D eigenvalue weighted by Crippen LogP contribution is 2.38. The molecule has 7 nitrogen and oxygen atoms in total. The minimum absolute atomic E-state index is 0.0373. The molecule has 0 fully saturated rings. The third kappa shape index (κ3) is 5.78. The average Bonchev–Trinajstić information content (AvgIpc) is 3.09. The van der Waals surface area contributed by atoms with Gasteiger partial charge in [-0.2, -0.15) is 8.78 Å². The molecule has 10 heteroatoms. The molecule has 0 bridgehead atoms. The molecule has 1 aliphatic carbocycles. The van der Waals surface area contributed by atoms with Crippen LogP contribution in [0.25, 0.3) is 0 Å². The molecule has 0 saturated heterocycles. The van der Waals surface area contributed by atoms with E-state index in [0.717, 1.165) is 42.2 Å². The molecule has 1 aromatic heterocycles. The van der Waals surface area contributed by atoms with Gasteiger partial charge in [0, 0.05) is 4.88 Å². The number of halogens is 2. The molecular weight excluding hydrogens is 432 g/mol. The van der Waals surface area contributed by atoms with Crippen LogP contribution >= 0.6 is 11.3 Å². The number of nitrogens with one attached hydrogen (secondary N) is 1. The van der Waals surface area contributed by atoms with E-state index in [1.807, 2.05) is 0 Å². The van der Waals surface area contributed by atoms with Crippen LogP contribution in [0.5, 0.6) is 5.75 Å². The minimum Gasteiger partial charge on any atom is -0.462 e. The predicted octanol–water partition coefficient (Wildman–Crippen LogP) is 4.20. The van der Waals surface area contributed by atoms with Crippen LogP contribution in [0.3, 0.4) is 0 Å². The summed E-state index contributed by atoms with van der Waals surface area (Å²) < 4.78 is 39.0. The second kappa shape index (κ2) is 10.3. The van der Waals surface area contributed by atoms with Crippen LogP contribution in [0.1, 0.15) is 50.9 Å². The van der Waals surface area contributed by atoms with Gasteiger partial charge in [0.25, 0.3) is 5.91 Å². The van der Waals surface area contributed by atoms with Gasteiger partial charge in [-0.3, -0.25) is 4.79 Å². The fourth-order valence-corrected chi connectivity index (χ4v) is 4.54. The van der Waals surface area contributed by atoms with E-state index in [0.29, 0.717) is 10.6 Å². The number of fused-ring (bicyclic) bond motifs is 1. The molecule has 2 aromatic rings. The number of hydrogen-bond donors (Lipinski definition) is 1. The van der Waals surface area contributed by atoms with Crippen LogP contribution in [-0.4, -0.2) is 37.7 Å². The first kappa shape index (κ1) is 22.7. The number of hydrogen-bond acceptors (Lipinski definition) is 7. The van der Waals surface area contributed by atoms with Crippen LogP contribution in [0.2, 0.25) is 0 Å². The molecule has 1 heterocycles. The molecule has 0 radical (unpaired) electrons. The highest BCUT2D eigenvalue weighted by atomic mass is 32.1. The van der Waals surface area contributed by atoms with Gasteiger partial charge in [0.2, 0.25) is 0 Å². The number of amides is 1. The second-order valence-electron chi connectivity index (χ2n) is 6.67. The molecule has 31 heavy (non-hydrogen) atoms. The van der Waals surface area contributed by atoms with E-state index >= 15 is 0 Å². The van der Waals surface area contributed by atoms with E-state index in [1.165, 1.54) is 29.5 Å². The highest BCUT2D eigenvalue weighted by molar-refractivity contribution is 7.17. The molecule has 1 aromatic carbocycles. The third-order valence-corrected chi connectivity index (χ3v) is 5.74. The van der Waals surface area contributed by atoms with Crippen molar-refractivity contribution in [3.63, 3.8) is 0 Å². The van der Waals surface area contributed by atoms with Crippen molar-refractivity contribution in [3.05, 3.63) is 45.8 Å². The molecule has 0 saturated carbocycles. The summed E-state index contributed by atoms with van der Waals surface area (Å²) in [5, 5.41) is 3.00. The number of thiophene rings is 1. The maximum atomic E-state index is 12.4. The molecule has 166 valence electrons. The van der Waals surface area contributed by atoms with Crippen molar-refractivity contribution in [1.82, 2.24) is 0 Å². The lowest BCUT2D eigenvalue weighted by molar-refractivity contribution is -0.119. The Morgan fingerprint density at radius 1 is 1.13 bits per heavy atom. The van der Waals surface area contributed by atoms with Crippen LogP contribution in [0.4, 0.5) is 13.8 Å². The van der Waals surface area contributed by atoms with Crippen molar-refractivity contribution in [1.29, 1.82) is 0 Å². The SMILES string of the molecule is CCOC(=O)c1c(NC(=O)COC(=O)c2cccc(OC(F)F)c2)sc2c1CCCC2. The Bertz CT molecular complexity index is 975.